The van der Waals surface area contributed by atoms with Gasteiger partial charge in [0.05, 0.1) is 47.7 Å². The van der Waals surface area contributed by atoms with E-state index >= 15 is 0 Å². The molecule has 0 atom stereocenters. The summed E-state index contributed by atoms with van der Waals surface area (Å²) < 4.78 is 33.1. The SMILES string of the molecule is COCc1c(OC)cc(C/C=C2\CN(c3ccccc3)CC(=CCc3cc(OC)c(OC)c(OC)c3)C2=O)cc1OC. The molecule has 0 bridgehead atoms. The van der Waals surface area contributed by atoms with Crippen LogP contribution in [0.15, 0.2) is 77.9 Å². The number of carbonyl (C=O) groups excluding carboxylic acids is 1. The maximum atomic E-state index is 13.8. The lowest BCUT2D eigenvalue weighted by Crippen LogP contribution is -2.38. The van der Waals surface area contributed by atoms with Crippen molar-refractivity contribution in [1.29, 1.82) is 0 Å². The van der Waals surface area contributed by atoms with Crippen LogP contribution in [-0.2, 0) is 29.0 Å². The van der Waals surface area contributed by atoms with Crippen LogP contribution in [0.2, 0.25) is 0 Å². The fourth-order valence-electron chi connectivity index (χ4n) is 5.13. The first-order valence-electron chi connectivity index (χ1n) is 13.7. The average molecular weight is 574 g/mol. The molecule has 1 aliphatic rings. The van der Waals surface area contributed by atoms with Crippen LogP contribution >= 0.6 is 0 Å². The number of Topliss-reactive ketones (excluding diaryl/α,β-unsaturated/α-hetero) is 1. The van der Waals surface area contributed by atoms with E-state index in [1.807, 2.05) is 54.6 Å². The Morgan fingerprint density at radius 1 is 0.667 bits per heavy atom. The number of rotatable bonds is 12. The first kappa shape index (κ1) is 30.5. The van der Waals surface area contributed by atoms with Crippen LogP contribution in [0.4, 0.5) is 5.69 Å². The van der Waals surface area contributed by atoms with Crippen LogP contribution in [0.3, 0.4) is 0 Å². The fourth-order valence-corrected chi connectivity index (χ4v) is 5.13. The minimum Gasteiger partial charge on any atom is -0.496 e. The van der Waals surface area contributed by atoms with Crippen molar-refractivity contribution in [2.75, 3.05) is 60.6 Å². The molecule has 0 radical (unpaired) electrons. The van der Waals surface area contributed by atoms with Crippen molar-refractivity contribution in [3.63, 3.8) is 0 Å². The van der Waals surface area contributed by atoms with E-state index in [-0.39, 0.29) is 5.78 Å². The number of hydrogen-bond acceptors (Lipinski definition) is 8. The minimum absolute atomic E-state index is 0.0459. The summed E-state index contributed by atoms with van der Waals surface area (Å²) in [7, 11) is 9.66. The summed E-state index contributed by atoms with van der Waals surface area (Å²) in [5, 5.41) is 0. The molecule has 222 valence electrons. The van der Waals surface area contributed by atoms with E-state index in [1.165, 1.54) is 0 Å². The molecule has 0 spiro atoms. The molecule has 3 aromatic carbocycles. The van der Waals surface area contributed by atoms with Gasteiger partial charge in [-0.05, 0) is 60.4 Å². The van der Waals surface area contributed by atoms with E-state index < -0.39 is 0 Å². The molecule has 1 heterocycles. The number of benzene rings is 3. The molecule has 8 nitrogen and oxygen atoms in total. The van der Waals surface area contributed by atoms with E-state index in [1.54, 1.807) is 42.7 Å². The molecular weight excluding hydrogens is 534 g/mol. The van der Waals surface area contributed by atoms with Gasteiger partial charge in [-0.25, -0.2) is 0 Å². The second kappa shape index (κ2) is 14.5. The summed E-state index contributed by atoms with van der Waals surface area (Å²) in [5.74, 6) is 3.12. The quantitative estimate of drug-likeness (QED) is 0.259. The van der Waals surface area contributed by atoms with Crippen molar-refractivity contribution in [3.05, 3.63) is 94.6 Å². The lowest BCUT2D eigenvalue weighted by atomic mass is 9.93. The van der Waals surface area contributed by atoms with Crippen LogP contribution < -0.4 is 28.6 Å². The Bertz CT molecular complexity index is 1400. The van der Waals surface area contributed by atoms with Crippen molar-refractivity contribution in [2.45, 2.75) is 19.4 Å². The molecule has 1 fully saturated rings. The van der Waals surface area contributed by atoms with Gasteiger partial charge in [-0.3, -0.25) is 4.79 Å². The number of allylic oxidation sites excluding steroid dienone is 2. The number of para-hydroxylation sites is 1. The van der Waals surface area contributed by atoms with Gasteiger partial charge in [-0.15, -0.1) is 0 Å². The number of carbonyl (C=O) groups is 1. The maximum Gasteiger partial charge on any atom is 0.203 e. The highest BCUT2D eigenvalue weighted by atomic mass is 16.5. The van der Waals surface area contributed by atoms with Gasteiger partial charge in [0.1, 0.15) is 11.5 Å². The molecule has 8 heteroatoms. The first-order chi connectivity index (χ1) is 20.5. The molecule has 0 aliphatic carbocycles. The number of piperidine rings is 1. The van der Waals surface area contributed by atoms with Gasteiger partial charge in [0.25, 0.3) is 0 Å². The molecule has 3 aromatic rings. The van der Waals surface area contributed by atoms with E-state index in [9.17, 15) is 4.79 Å². The van der Waals surface area contributed by atoms with Crippen molar-refractivity contribution >= 4 is 11.5 Å². The predicted molar refractivity (Wildman–Crippen MR) is 164 cm³/mol. The molecule has 42 heavy (non-hydrogen) atoms. The molecule has 0 unspecified atom stereocenters. The van der Waals surface area contributed by atoms with Gasteiger partial charge in [-0.2, -0.15) is 0 Å². The van der Waals surface area contributed by atoms with Gasteiger partial charge >= 0.3 is 0 Å². The Kier molecular flexibility index (Phi) is 10.5. The number of anilines is 1. The molecule has 0 saturated carbocycles. The van der Waals surface area contributed by atoms with E-state index in [2.05, 4.69) is 17.0 Å². The monoisotopic (exact) mass is 573 g/mol. The summed E-state index contributed by atoms with van der Waals surface area (Å²) in [6.45, 7) is 1.40. The largest absolute Gasteiger partial charge is 0.496 e. The summed E-state index contributed by atoms with van der Waals surface area (Å²) in [5.41, 5.74) is 5.30. The van der Waals surface area contributed by atoms with Crippen LogP contribution in [0, 0.1) is 0 Å². The number of ether oxygens (including phenoxy) is 6. The third-order valence-corrected chi connectivity index (χ3v) is 7.28. The molecule has 0 N–H and O–H groups in total. The van der Waals surface area contributed by atoms with Crippen LogP contribution in [0.1, 0.15) is 16.7 Å². The summed E-state index contributed by atoms with van der Waals surface area (Å²) in [6.07, 6.45) is 5.08. The highest BCUT2D eigenvalue weighted by Gasteiger charge is 2.26. The average Bonchev–Trinajstić information content (AvgIpc) is 3.03. The second-order valence-corrected chi connectivity index (χ2v) is 9.83. The zero-order valence-corrected chi connectivity index (χ0v) is 25.2. The summed E-state index contributed by atoms with van der Waals surface area (Å²) in [4.78, 5) is 16.0. The van der Waals surface area contributed by atoms with Crippen molar-refractivity contribution in [3.8, 4) is 28.7 Å². The zero-order chi connectivity index (χ0) is 30.1. The van der Waals surface area contributed by atoms with E-state index in [4.69, 9.17) is 28.4 Å². The smallest absolute Gasteiger partial charge is 0.203 e. The predicted octanol–water partition coefficient (Wildman–Crippen LogP) is 5.60. The number of hydrogen-bond donors (Lipinski definition) is 0. The standard InChI is InChI=1S/C34H39NO7/c1-37-22-28-29(38-2)16-23(17-30(28)39-3)12-14-25-20-35(27-10-8-7-9-11-27)21-26(33(25)36)15-13-24-18-31(40-4)34(42-6)32(19-24)41-5/h7-11,14-19H,12-13,20-22H2,1-6H3/b25-14+,26-15?. The molecule has 1 saturated heterocycles. The highest BCUT2D eigenvalue weighted by Crippen LogP contribution is 2.38. The summed E-state index contributed by atoms with van der Waals surface area (Å²) in [6, 6.07) is 17.9. The van der Waals surface area contributed by atoms with Gasteiger partial charge in [0.15, 0.2) is 17.3 Å². The van der Waals surface area contributed by atoms with Crippen LogP contribution in [-0.4, -0.2) is 61.5 Å². The number of methoxy groups -OCH3 is 6. The lowest BCUT2D eigenvalue weighted by molar-refractivity contribution is -0.112. The molecule has 0 aromatic heterocycles. The minimum atomic E-state index is 0.0459. The normalized spacial score (nSPS) is 15.2. The van der Waals surface area contributed by atoms with Crippen LogP contribution in [0.25, 0.3) is 0 Å². The van der Waals surface area contributed by atoms with Gasteiger partial charge in [0.2, 0.25) is 5.75 Å². The summed E-state index contributed by atoms with van der Waals surface area (Å²) >= 11 is 0. The third kappa shape index (κ3) is 6.89. The van der Waals surface area contributed by atoms with Crippen LogP contribution in [0.5, 0.6) is 28.7 Å². The Balaban J connectivity index is 1.66. The first-order valence-corrected chi connectivity index (χ1v) is 13.7. The third-order valence-electron chi connectivity index (χ3n) is 7.28. The van der Waals surface area contributed by atoms with Gasteiger partial charge < -0.3 is 33.3 Å². The molecule has 4 rings (SSSR count). The fraction of sp³-hybridized carbons (Fsp3) is 0.324. The number of ketones is 1. The lowest BCUT2D eigenvalue weighted by Gasteiger charge is -2.32. The number of nitrogens with zero attached hydrogens (tertiary/aromatic N) is 1. The van der Waals surface area contributed by atoms with Gasteiger partial charge in [-0.1, -0.05) is 30.4 Å². The Hall–Kier alpha value is -4.43. The molecule has 1 aliphatic heterocycles. The van der Waals surface area contributed by atoms with Crippen molar-refractivity contribution in [2.24, 2.45) is 0 Å². The van der Waals surface area contributed by atoms with E-state index in [0.29, 0.717) is 61.3 Å². The topological polar surface area (TPSA) is 75.7 Å². The molecular formula is C34H39NO7. The van der Waals surface area contributed by atoms with Crippen molar-refractivity contribution < 1.29 is 33.2 Å². The maximum absolute atomic E-state index is 13.8. The molecule has 0 amide bonds. The Morgan fingerprint density at radius 3 is 1.57 bits per heavy atom. The highest BCUT2D eigenvalue weighted by molar-refractivity contribution is 6.10. The second-order valence-electron chi connectivity index (χ2n) is 9.83. The van der Waals surface area contributed by atoms with E-state index in [0.717, 1.165) is 33.5 Å². The van der Waals surface area contributed by atoms with Gasteiger partial charge in [0, 0.05) is 37.0 Å². The Labute approximate surface area is 248 Å². The zero-order valence-electron chi connectivity index (χ0n) is 25.2. The van der Waals surface area contributed by atoms with Crippen molar-refractivity contribution in [1.82, 2.24) is 0 Å². The Morgan fingerprint density at radius 2 is 1.14 bits per heavy atom.